The molecule has 2 heterocycles. The van der Waals surface area contributed by atoms with Crippen LogP contribution in [0.5, 0.6) is 0 Å². The molecule has 0 radical (unpaired) electrons. The fourth-order valence-electron chi connectivity index (χ4n) is 2.68. The quantitative estimate of drug-likeness (QED) is 0.818. The number of hydrogen-bond acceptors (Lipinski definition) is 6. The smallest absolute Gasteiger partial charge is 0.175 e. The van der Waals surface area contributed by atoms with E-state index in [1.54, 1.807) is 23.5 Å². The van der Waals surface area contributed by atoms with E-state index in [4.69, 9.17) is 4.98 Å². The second kappa shape index (κ2) is 9.30. The zero-order chi connectivity index (χ0) is 16.4. The lowest BCUT2D eigenvalue weighted by atomic mass is 10.2. The summed E-state index contributed by atoms with van der Waals surface area (Å²) in [5.74, 6) is 0. The van der Waals surface area contributed by atoms with Crippen LogP contribution in [0.25, 0.3) is 10.6 Å². The summed E-state index contributed by atoms with van der Waals surface area (Å²) < 4.78 is 23.0. The van der Waals surface area contributed by atoms with E-state index in [1.807, 2.05) is 12.1 Å². The van der Waals surface area contributed by atoms with E-state index in [-0.39, 0.29) is 24.8 Å². The van der Waals surface area contributed by atoms with Gasteiger partial charge in [-0.3, -0.25) is 4.90 Å². The second-order valence-electron chi connectivity index (χ2n) is 5.96. The van der Waals surface area contributed by atoms with Gasteiger partial charge < -0.3 is 5.32 Å². The molecular formula is C16H23Cl2N3O2S2. The number of benzene rings is 1. The van der Waals surface area contributed by atoms with Crippen LogP contribution >= 0.6 is 36.2 Å². The monoisotopic (exact) mass is 423 g/mol. The summed E-state index contributed by atoms with van der Waals surface area (Å²) in [6.07, 6.45) is 1.22. The predicted molar refractivity (Wildman–Crippen MR) is 108 cm³/mol. The van der Waals surface area contributed by atoms with Gasteiger partial charge in [0.15, 0.2) is 9.84 Å². The molecule has 0 bridgehead atoms. The number of sulfone groups is 1. The summed E-state index contributed by atoms with van der Waals surface area (Å²) in [7, 11) is -3.15. The van der Waals surface area contributed by atoms with Crippen LogP contribution in [0.2, 0.25) is 0 Å². The van der Waals surface area contributed by atoms with Crippen molar-refractivity contribution >= 4 is 46.0 Å². The van der Waals surface area contributed by atoms with Gasteiger partial charge in [-0.2, -0.15) is 0 Å². The molecule has 1 aromatic heterocycles. The van der Waals surface area contributed by atoms with Crippen molar-refractivity contribution in [2.45, 2.75) is 24.4 Å². The van der Waals surface area contributed by atoms with Crippen molar-refractivity contribution in [2.24, 2.45) is 0 Å². The topological polar surface area (TPSA) is 62.3 Å². The largest absolute Gasteiger partial charge is 0.314 e. The third-order valence-corrected chi connectivity index (χ3v) is 6.15. The number of halogens is 2. The fraction of sp³-hybridized carbons (Fsp3) is 0.438. The lowest BCUT2D eigenvalue weighted by Gasteiger charge is -2.33. The Bertz CT molecular complexity index is 779. The summed E-state index contributed by atoms with van der Waals surface area (Å²) in [5.41, 5.74) is 2.04. The summed E-state index contributed by atoms with van der Waals surface area (Å²) in [5, 5.41) is 6.42. The van der Waals surface area contributed by atoms with Crippen LogP contribution in [0.1, 0.15) is 12.6 Å². The Labute approximate surface area is 165 Å². The van der Waals surface area contributed by atoms with Gasteiger partial charge in [-0.1, -0.05) is 12.1 Å². The lowest BCUT2D eigenvalue weighted by molar-refractivity contribution is 0.164. The predicted octanol–water partition coefficient (Wildman–Crippen LogP) is 2.85. The van der Waals surface area contributed by atoms with Gasteiger partial charge in [0.2, 0.25) is 0 Å². The standard InChI is InChI=1S/C16H21N3O2S2.2ClH/c1-12-9-17-7-8-19(12)10-14-11-22-16(18-14)13-3-5-15(6-4-13)23(2,20)21;;/h3-6,11-12,17H,7-10H2,1-2H3;2*1H/t12-;;/m0../s1. The third-order valence-electron chi connectivity index (χ3n) is 4.09. The van der Waals surface area contributed by atoms with Crippen LogP contribution in [0.4, 0.5) is 0 Å². The average molecular weight is 424 g/mol. The molecule has 5 nitrogen and oxygen atoms in total. The van der Waals surface area contributed by atoms with Crippen LogP contribution in [-0.2, 0) is 16.4 Å². The Morgan fingerprint density at radius 1 is 1.28 bits per heavy atom. The van der Waals surface area contributed by atoms with Crippen molar-refractivity contribution in [3.05, 3.63) is 35.3 Å². The molecular weight excluding hydrogens is 401 g/mol. The molecule has 1 N–H and O–H groups in total. The maximum absolute atomic E-state index is 11.5. The molecule has 2 aromatic rings. The van der Waals surface area contributed by atoms with Crippen LogP contribution in [0, 0.1) is 0 Å². The van der Waals surface area contributed by atoms with Gasteiger partial charge in [0.25, 0.3) is 0 Å². The summed E-state index contributed by atoms with van der Waals surface area (Å²) in [6, 6.07) is 7.45. The molecule has 0 amide bonds. The van der Waals surface area contributed by atoms with Crippen LogP contribution in [-0.4, -0.2) is 50.2 Å². The lowest BCUT2D eigenvalue weighted by Crippen LogP contribution is -2.49. The zero-order valence-corrected chi connectivity index (χ0v) is 17.4. The molecule has 3 rings (SSSR count). The first-order valence-electron chi connectivity index (χ1n) is 7.63. The van der Waals surface area contributed by atoms with E-state index in [1.165, 1.54) is 6.26 Å². The molecule has 1 aromatic carbocycles. The molecule has 0 unspecified atom stereocenters. The highest BCUT2D eigenvalue weighted by molar-refractivity contribution is 7.90. The maximum Gasteiger partial charge on any atom is 0.175 e. The van der Waals surface area contributed by atoms with E-state index < -0.39 is 9.84 Å². The third kappa shape index (κ3) is 5.64. The molecule has 0 saturated carbocycles. The van der Waals surface area contributed by atoms with Crippen LogP contribution in [0.3, 0.4) is 0 Å². The van der Waals surface area contributed by atoms with E-state index in [9.17, 15) is 8.42 Å². The Morgan fingerprint density at radius 2 is 1.96 bits per heavy atom. The minimum absolute atomic E-state index is 0. The van der Waals surface area contributed by atoms with Crippen molar-refractivity contribution in [3.8, 4) is 10.6 Å². The van der Waals surface area contributed by atoms with E-state index in [2.05, 4.69) is 22.5 Å². The molecule has 1 fully saturated rings. The number of nitrogens with zero attached hydrogens (tertiary/aromatic N) is 2. The van der Waals surface area contributed by atoms with Crippen molar-refractivity contribution in [2.75, 3.05) is 25.9 Å². The Morgan fingerprint density at radius 3 is 2.56 bits per heavy atom. The first-order valence-corrected chi connectivity index (χ1v) is 10.4. The summed E-state index contributed by atoms with van der Waals surface area (Å²) in [4.78, 5) is 7.48. The highest BCUT2D eigenvalue weighted by Gasteiger charge is 2.19. The van der Waals surface area contributed by atoms with E-state index in [0.29, 0.717) is 10.9 Å². The van der Waals surface area contributed by atoms with Gasteiger partial charge >= 0.3 is 0 Å². The molecule has 0 spiro atoms. The number of hydrogen-bond donors (Lipinski definition) is 1. The molecule has 1 aliphatic heterocycles. The van der Waals surface area contributed by atoms with Crippen molar-refractivity contribution in [3.63, 3.8) is 0 Å². The number of rotatable bonds is 4. The number of thiazole rings is 1. The molecule has 1 atom stereocenters. The molecule has 9 heteroatoms. The van der Waals surface area contributed by atoms with Gasteiger partial charge in [0.05, 0.1) is 10.6 Å². The minimum Gasteiger partial charge on any atom is -0.314 e. The first kappa shape index (κ1) is 22.3. The molecule has 0 aliphatic carbocycles. The molecule has 1 saturated heterocycles. The number of nitrogens with one attached hydrogen (secondary N) is 1. The average Bonchev–Trinajstić information content (AvgIpc) is 2.97. The van der Waals surface area contributed by atoms with Crippen molar-refractivity contribution < 1.29 is 8.42 Å². The van der Waals surface area contributed by atoms with Crippen molar-refractivity contribution in [1.82, 2.24) is 15.2 Å². The molecule has 25 heavy (non-hydrogen) atoms. The Kier molecular flexibility index (Phi) is 8.31. The van der Waals surface area contributed by atoms with Gasteiger partial charge in [0.1, 0.15) is 5.01 Å². The number of piperazine rings is 1. The first-order chi connectivity index (χ1) is 10.9. The normalized spacial score (nSPS) is 18.2. The Hall–Kier alpha value is -0.700. The van der Waals surface area contributed by atoms with Crippen LogP contribution < -0.4 is 5.32 Å². The Balaban J connectivity index is 0.00000156. The van der Waals surface area contributed by atoms with Gasteiger partial charge in [-0.25, -0.2) is 13.4 Å². The highest BCUT2D eigenvalue weighted by atomic mass is 35.5. The zero-order valence-electron chi connectivity index (χ0n) is 14.1. The van der Waals surface area contributed by atoms with Gasteiger partial charge in [-0.15, -0.1) is 36.2 Å². The minimum atomic E-state index is -3.15. The fourth-order valence-corrected chi connectivity index (χ4v) is 4.13. The SMILES string of the molecule is C[C@H]1CNCCN1Cc1csc(-c2ccc(S(C)(=O)=O)cc2)n1.Cl.Cl. The van der Waals surface area contributed by atoms with Crippen molar-refractivity contribution in [1.29, 1.82) is 0 Å². The second-order valence-corrected chi connectivity index (χ2v) is 8.84. The molecule has 140 valence electrons. The van der Waals surface area contributed by atoms with E-state index >= 15 is 0 Å². The maximum atomic E-state index is 11.5. The van der Waals surface area contributed by atoms with Crippen LogP contribution in [0.15, 0.2) is 34.5 Å². The van der Waals surface area contributed by atoms with Gasteiger partial charge in [0, 0.05) is 49.4 Å². The van der Waals surface area contributed by atoms with Gasteiger partial charge in [-0.05, 0) is 19.1 Å². The summed E-state index contributed by atoms with van der Waals surface area (Å²) in [6.45, 7) is 6.17. The highest BCUT2D eigenvalue weighted by Crippen LogP contribution is 2.25. The number of aromatic nitrogens is 1. The molecule has 1 aliphatic rings. The summed E-state index contributed by atoms with van der Waals surface area (Å²) >= 11 is 1.60. The van der Waals surface area contributed by atoms with E-state index in [0.717, 1.165) is 42.4 Å².